The highest BCUT2D eigenvalue weighted by molar-refractivity contribution is 9.10. The lowest BCUT2D eigenvalue weighted by molar-refractivity contribution is 0.0601. The minimum Gasteiger partial charge on any atom is -0.381 e. The van der Waals surface area contributed by atoms with Gasteiger partial charge in [0.25, 0.3) is 5.91 Å². The van der Waals surface area contributed by atoms with Crippen LogP contribution >= 0.6 is 15.9 Å². The van der Waals surface area contributed by atoms with Crippen LogP contribution in [0.4, 0.5) is 5.69 Å². The first kappa shape index (κ1) is 15.2. The van der Waals surface area contributed by atoms with Gasteiger partial charge in [-0.05, 0) is 40.8 Å². The lowest BCUT2D eigenvalue weighted by atomic mass is 10.0. The number of ether oxygens (including phenoxy) is 1. The fourth-order valence-electron chi connectivity index (χ4n) is 2.46. The number of rotatable bonds is 4. The molecule has 2 aromatic rings. The molecule has 116 valence electrons. The SMILES string of the molecule is O=C(Nc1cnn(CC2CCOCC2)c1)c1cncc(Br)c1. The lowest BCUT2D eigenvalue weighted by Gasteiger charge is -2.21. The molecule has 1 aliphatic heterocycles. The fraction of sp³-hybridized carbons (Fsp3) is 0.400. The van der Waals surface area contributed by atoms with Crippen molar-refractivity contribution in [1.82, 2.24) is 14.8 Å². The summed E-state index contributed by atoms with van der Waals surface area (Å²) in [4.78, 5) is 16.1. The van der Waals surface area contributed by atoms with Gasteiger partial charge >= 0.3 is 0 Å². The summed E-state index contributed by atoms with van der Waals surface area (Å²) in [5, 5.41) is 7.15. The zero-order valence-electron chi connectivity index (χ0n) is 12.0. The molecule has 0 aromatic carbocycles. The number of amides is 1. The monoisotopic (exact) mass is 364 g/mol. The van der Waals surface area contributed by atoms with Crippen molar-refractivity contribution < 1.29 is 9.53 Å². The Morgan fingerprint density at radius 2 is 2.18 bits per heavy atom. The second kappa shape index (κ2) is 7.02. The van der Waals surface area contributed by atoms with Crippen molar-refractivity contribution in [1.29, 1.82) is 0 Å². The van der Waals surface area contributed by atoms with Crippen molar-refractivity contribution in [2.75, 3.05) is 18.5 Å². The fourth-order valence-corrected chi connectivity index (χ4v) is 2.83. The van der Waals surface area contributed by atoms with Gasteiger partial charge in [0.05, 0.1) is 17.4 Å². The maximum atomic E-state index is 12.1. The number of nitrogens with one attached hydrogen (secondary N) is 1. The summed E-state index contributed by atoms with van der Waals surface area (Å²) in [6.45, 7) is 2.51. The van der Waals surface area contributed by atoms with Crippen LogP contribution in [-0.2, 0) is 11.3 Å². The number of hydrogen-bond acceptors (Lipinski definition) is 4. The van der Waals surface area contributed by atoms with Gasteiger partial charge in [0.2, 0.25) is 0 Å². The Morgan fingerprint density at radius 3 is 2.95 bits per heavy atom. The number of nitrogens with zero attached hydrogens (tertiary/aromatic N) is 3. The van der Waals surface area contributed by atoms with Crippen LogP contribution < -0.4 is 5.32 Å². The van der Waals surface area contributed by atoms with E-state index in [1.807, 2.05) is 10.9 Å². The van der Waals surface area contributed by atoms with Gasteiger partial charge in [0, 0.05) is 42.8 Å². The summed E-state index contributed by atoms with van der Waals surface area (Å²) in [5.74, 6) is 0.394. The summed E-state index contributed by atoms with van der Waals surface area (Å²) >= 11 is 3.31. The molecule has 6 nitrogen and oxygen atoms in total. The van der Waals surface area contributed by atoms with Gasteiger partial charge in [-0.3, -0.25) is 14.5 Å². The Bertz CT molecular complexity index is 652. The van der Waals surface area contributed by atoms with Crippen molar-refractivity contribution in [3.05, 3.63) is 40.9 Å². The zero-order valence-corrected chi connectivity index (χ0v) is 13.6. The molecular formula is C15H17BrN4O2. The molecular weight excluding hydrogens is 348 g/mol. The zero-order chi connectivity index (χ0) is 15.4. The number of carbonyl (C=O) groups is 1. The van der Waals surface area contributed by atoms with E-state index in [1.54, 1.807) is 18.5 Å². The molecule has 1 N–H and O–H groups in total. The van der Waals surface area contributed by atoms with Crippen LogP contribution in [0.3, 0.4) is 0 Å². The van der Waals surface area contributed by atoms with Crippen molar-refractivity contribution >= 4 is 27.5 Å². The molecule has 0 spiro atoms. The van der Waals surface area contributed by atoms with E-state index in [1.165, 1.54) is 6.20 Å². The average molecular weight is 365 g/mol. The standard InChI is InChI=1S/C15H17BrN4O2/c16-13-5-12(6-17-7-13)15(21)19-14-8-18-20(10-14)9-11-1-3-22-4-2-11/h5-8,10-11H,1-4,9H2,(H,19,21). The van der Waals surface area contributed by atoms with Gasteiger partial charge in [-0.15, -0.1) is 0 Å². The Balaban J connectivity index is 1.60. The van der Waals surface area contributed by atoms with Crippen LogP contribution in [0.25, 0.3) is 0 Å². The van der Waals surface area contributed by atoms with Crippen molar-refractivity contribution in [3.63, 3.8) is 0 Å². The first-order chi connectivity index (χ1) is 10.7. The predicted octanol–water partition coefficient (Wildman–Crippen LogP) is 2.72. The van der Waals surface area contributed by atoms with E-state index < -0.39 is 0 Å². The molecule has 0 saturated carbocycles. The lowest BCUT2D eigenvalue weighted by Crippen LogP contribution is -2.20. The van der Waals surface area contributed by atoms with Crippen molar-refractivity contribution in [3.8, 4) is 0 Å². The molecule has 22 heavy (non-hydrogen) atoms. The number of anilines is 1. The van der Waals surface area contributed by atoms with Crippen molar-refractivity contribution in [2.24, 2.45) is 5.92 Å². The molecule has 2 aromatic heterocycles. The van der Waals surface area contributed by atoms with E-state index >= 15 is 0 Å². The number of pyridine rings is 1. The summed E-state index contributed by atoms with van der Waals surface area (Å²) in [7, 11) is 0. The number of hydrogen-bond donors (Lipinski definition) is 1. The van der Waals surface area contributed by atoms with Gasteiger partial charge in [0.1, 0.15) is 0 Å². The topological polar surface area (TPSA) is 69.0 Å². The van der Waals surface area contributed by atoms with E-state index in [2.05, 4.69) is 31.3 Å². The Kier molecular flexibility index (Phi) is 4.84. The normalized spacial score (nSPS) is 15.7. The third kappa shape index (κ3) is 3.92. The maximum Gasteiger partial charge on any atom is 0.257 e. The summed E-state index contributed by atoms with van der Waals surface area (Å²) < 4.78 is 8.01. The molecule has 3 rings (SSSR count). The highest BCUT2D eigenvalue weighted by Crippen LogP contribution is 2.18. The minimum absolute atomic E-state index is 0.195. The molecule has 7 heteroatoms. The van der Waals surface area contributed by atoms with E-state index in [0.717, 1.165) is 37.1 Å². The van der Waals surface area contributed by atoms with Gasteiger partial charge in [-0.2, -0.15) is 5.10 Å². The smallest absolute Gasteiger partial charge is 0.257 e. The Morgan fingerprint density at radius 1 is 1.36 bits per heavy atom. The summed E-state index contributed by atoms with van der Waals surface area (Å²) in [6, 6.07) is 1.73. The molecule has 0 atom stereocenters. The van der Waals surface area contributed by atoms with E-state index in [-0.39, 0.29) is 5.91 Å². The van der Waals surface area contributed by atoms with Gasteiger partial charge in [0.15, 0.2) is 0 Å². The first-order valence-corrected chi connectivity index (χ1v) is 8.02. The van der Waals surface area contributed by atoms with Crippen LogP contribution in [-0.4, -0.2) is 33.9 Å². The van der Waals surface area contributed by atoms with Crippen LogP contribution in [0.2, 0.25) is 0 Å². The molecule has 1 amide bonds. The predicted molar refractivity (Wildman–Crippen MR) is 85.7 cm³/mol. The molecule has 0 unspecified atom stereocenters. The second-order valence-corrected chi connectivity index (χ2v) is 6.27. The largest absolute Gasteiger partial charge is 0.381 e. The minimum atomic E-state index is -0.195. The van der Waals surface area contributed by atoms with E-state index in [0.29, 0.717) is 17.2 Å². The molecule has 1 saturated heterocycles. The number of halogens is 1. The second-order valence-electron chi connectivity index (χ2n) is 5.35. The average Bonchev–Trinajstić information content (AvgIpc) is 2.95. The van der Waals surface area contributed by atoms with E-state index in [9.17, 15) is 4.79 Å². The van der Waals surface area contributed by atoms with Crippen LogP contribution in [0.5, 0.6) is 0 Å². The number of aromatic nitrogens is 3. The quantitative estimate of drug-likeness (QED) is 0.905. The highest BCUT2D eigenvalue weighted by Gasteiger charge is 2.15. The molecule has 1 fully saturated rings. The molecule has 0 radical (unpaired) electrons. The van der Waals surface area contributed by atoms with Crippen LogP contribution in [0.15, 0.2) is 35.3 Å². The Hall–Kier alpha value is -1.73. The van der Waals surface area contributed by atoms with Crippen LogP contribution in [0.1, 0.15) is 23.2 Å². The first-order valence-electron chi connectivity index (χ1n) is 7.23. The van der Waals surface area contributed by atoms with Crippen molar-refractivity contribution in [2.45, 2.75) is 19.4 Å². The van der Waals surface area contributed by atoms with Gasteiger partial charge < -0.3 is 10.1 Å². The van der Waals surface area contributed by atoms with Gasteiger partial charge in [-0.1, -0.05) is 0 Å². The highest BCUT2D eigenvalue weighted by atomic mass is 79.9. The number of carbonyl (C=O) groups excluding carboxylic acids is 1. The summed E-state index contributed by atoms with van der Waals surface area (Å²) in [6.07, 6.45) is 8.83. The molecule has 0 aliphatic carbocycles. The van der Waals surface area contributed by atoms with E-state index in [4.69, 9.17) is 4.74 Å². The summed E-state index contributed by atoms with van der Waals surface area (Å²) in [5.41, 5.74) is 1.20. The third-order valence-corrected chi connectivity index (χ3v) is 4.08. The third-order valence-electron chi connectivity index (χ3n) is 3.64. The molecule has 3 heterocycles. The molecule has 0 bridgehead atoms. The Labute approximate surface area is 137 Å². The van der Waals surface area contributed by atoms with Gasteiger partial charge in [-0.25, -0.2) is 0 Å². The maximum absolute atomic E-state index is 12.1. The van der Waals surface area contributed by atoms with Crippen LogP contribution in [0, 0.1) is 5.92 Å². The molecule has 1 aliphatic rings.